The van der Waals surface area contributed by atoms with Crippen LogP contribution < -0.4 is 10.6 Å². The van der Waals surface area contributed by atoms with E-state index in [2.05, 4.69) is 16.7 Å². The van der Waals surface area contributed by atoms with Gasteiger partial charge in [-0.2, -0.15) is 0 Å². The Bertz CT molecular complexity index is 543. The predicted molar refractivity (Wildman–Crippen MR) is 98.5 cm³/mol. The molecule has 134 valence electrons. The van der Waals surface area contributed by atoms with Gasteiger partial charge in [-0.25, -0.2) is 4.79 Å². The van der Waals surface area contributed by atoms with Gasteiger partial charge >= 0.3 is 6.03 Å². The third-order valence-electron chi connectivity index (χ3n) is 5.65. The molecule has 0 saturated heterocycles. The van der Waals surface area contributed by atoms with Crippen molar-refractivity contribution in [2.45, 2.75) is 82.3 Å². The summed E-state index contributed by atoms with van der Waals surface area (Å²) in [6.45, 7) is 2.51. The number of nitrogens with one attached hydrogen (secondary N) is 2. The molecule has 1 aromatic rings. The highest BCUT2D eigenvalue weighted by Gasteiger charge is 2.37. The van der Waals surface area contributed by atoms with Crippen LogP contribution in [0.15, 0.2) is 12.1 Å². The van der Waals surface area contributed by atoms with Crippen LogP contribution in [-0.2, 0) is 5.41 Å². The molecule has 2 aliphatic carbocycles. The Morgan fingerprint density at radius 1 is 1.25 bits per heavy atom. The molecule has 2 aliphatic rings. The molecular formula is C19H30N2O2S. The Morgan fingerprint density at radius 2 is 1.96 bits per heavy atom. The summed E-state index contributed by atoms with van der Waals surface area (Å²) in [4.78, 5) is 14.6. The van der Waals surface area contributed by atoms with Gasteiger partial charge in [0, 0.05) is 27.8 Å². The van der Waals surface area contributed by atoms with E-state index in [1.165, 1.54) is 37.0 Å². The van der Waals surface area contributed by atoms with Crippen LogP contribution >= 0.6 is 11.3 Å². The zero-order valence-electron chi connectivity index (χ0n) is 14.6. The van der Waals surface area contributed by atoms with Crippen LogP contribution in [0.2, 0.25) is 0 Å². The average molecular weight is 351 g/mol. The summed E-state index contributed by atoms with van der Waals surface area (Å²) in [6.07, 6.45) is 10.2. The topological polar surface area (TPSA) is 61.4 Å². The molecule has 24 heavy (non-hydrogen) atoms. The van der Waals surface area contributed by atoms with Crippen LogP contribution in [-0.4, -0.2) is 23.7 Å². The van der Waals surface area contributed by atoms with E-state index in [0.29, 0.717) is 12.6 Å². The van der Waals surface area contributed by atoms with Crippen molar-refractivity contribution < 1.29 is 9.90 Å². The standard InChI is InChI=1S/C19H30N2O2S/c1-14(22)16-9-10-17(24-16)19(11-5-6-12-19)13-20-18(23)21-15-7-3-2-4-8-15/h9-10,14-15,22H,2-8,11-13H2,1H3,(H2,20,21,23). The summed E-state index contributed by atoms with van der Waals surface area (Å²) in [5.74, 6) is 0. The van der Waals surface area contributed by atoms with Gasteiger partial charge in [0.05, 0.1) is 6.10 Å². The Morgan fingerprint density at radius 3 is 2.58 bits per heavy atom. The second-order valence-electron chi connectivity index (χ2n) is 7.53. The Balaban J connectivity index is 1.59. The van der Waals surface area contributed by atoms with E-state index in [1.54, 1.807) is 11.3 Å². The van der Waals surface area contributed by atoms with Gasteiger partial charge in [-0.3, -0.25) is 0 Å². The van der Waals surface area contributed by atoms with Crippen molar-refractivity contribution >= 4 is 17.4 Å². The van der Waals surface area contributed by atoms with Gasteiger partial charge in [-0.1, -0.05) is 32.1 Å². The minimum atomic E-state index is -0.412. The molecule has 3 rings (SSSR count). The normalized spacial score (nSPS) is 22.2. The average Bonchev–Trinajstić information content (AvgIpc) is 3.24. The van der Waals surface area contributed by atoms with Crippen molar-refractivity contribution in [1.29, 1.82) is 0 Å². The molecule has 5 heteroatoms. The van der Waals surface area contributed by atoms with Crippen LogP contribution in [0.1, 0.15) is 80.6 Å². The van der Waals surface area contributed by atoms with Crippen LogP contribution in [0.4, 0.5) is 4.79 Å². The number of hydrogen-bond donors (Lipinski definition) is 3. The smallest absolute Gasteiger partial charge is 0.315 e. The Hall–Kier alpha value is -1.07. The lowest BCUT2D eigenvalue weighted by atomic mass is 9.84. The highest BCUT2D eigenvalue weighted by Crippen LogP contribution is 2.44. The number of hydrogen-bond acceptors (Lipinski definition) is 3. The quantitative estimate of drug-likeness (QED) is 0.743. The van der Waals surface area contributed by atoms with Crippen LogP contribution in [0, 0.1) is 0 Å². The molecule has 3 N–H and O–H groups in total. The second-order valence-corrected chi connectivity index (χ2v) is 8.64. The van der Waals surface area contributed by atoms with Gasteiger partial charge in [0.2, 0.25) is 0 Å². The van der Waals surface area contributed by atoms with Crippen LogP contribution in [0.25, 0.3) is 0 Å². The summed E-state index contributed by atoms with van der Waals surface area (Å²) in [5, 5.41) is 16.1. The van der Waals surface area contributed by atoms with E-state index in [0.717, 1.165) is 30.6 Å². The number of amides is 2. The molecule has 1 aromatic heterocycles. The third kappa shape index (κ3) is 4.12. The lowest BCUT2D eigenvalue weighted by Crippen LogP contribution is -2.47. The molecule has 2 amide bonds. The number of rotatable bonds is 5. The van der Waals surface area contributed by atoms with Gasteiger partial charge in [0.15, 0.2) is 0 Å². The number of urea groups is 1. The van der Waals surface area contributed by atoms with E-state index < -0.39 is 6.10 Å². The molecular weight excluding hydrogens is 320 g/mol. The zero-order chi connectivity index (χ0) is 17.0. The SMILES string of the molecule is CC(O)c1ccc(C2(CNC(=O)NC3CCCCC3)CCCC2)s1. The van der Waals surface area contributed by atoms with Crippen molar-refractivity contribution in [3.05, 3.63) is 21.9 Å². The third-order valence-corrected chi connectivity index (χ3v) is 7.15. The number of carbonyl (C=O) groups excluding carboxylic acids is 1. The molecule has 1 unspecified atom stereocenters. The van der Waals surface area contributed by atoms with E-state index in [9.17, 15) is 9.90 Å². The van der Waals surface area contributed by atoms with Gasteiger partial charge in [0.25, 0.3) is 0 Å². The summed E-state index contributed by atoms with van der Waals surface area (Å²) in [5.41, 5.74) is 0.0573. The van der Waals surface area contributed by atoms with Crippen molar-refractivity contribution in [2.75, 3.05) is 6.54 Å². The highest BCUT2D eigenvalue weighted by atomic mass is 32.1. The van der Waals surface area contributed by atoms with E-state index in [4.69, 9.17) is 0 Å². The molecule has 0 radical (unpaired) electrons. The van der Waals surface area contributed by atoms with Crippen LogP contribution in [0.3, 0.4) is 0 Å². The van der Waals surface area contributed by atoms with Crippen molar-refractivity contribution in [3.8, 4) is 0 Å². The summed E-state index contributed by atoms with van der Waals surface area (Å²) in [7, 11) is 0. The first kappa shape index (κ1) is 17.7. The molecule has 4 nitrogen and oxygen atoms in total. The van der Waals surface area contributed by atoms with Crippen LogP contribution in [0.5, 0.6) is 0 Å². The van der Waals surface area contributed by atoms with Crippen molar-refractivity contribution in [2.24, 2.45) is 0 Å². The molecule has 1 heterocycles. The first-order chi connectivity index (χ1) is 11.6. The Kier molecular flexibility index (Phi) is 5.82. The maximum absolute atomic E-state index is 12.3. The lowest BCUT2D eigenvalue weighted by Gasteiger charge is -2.29. The van der Waals surface area contributed by atoms with Gasteiger partial charge < -0.3 is 15.7 Å². The minimum absolute atomic E-state index is 0.0134. The molecule has 0 aliphatic heterocycles. The maximum atomic E-state index is 12.3. The summed E-state index contributed by atoms with van der Waals surface area (Å²) in [6, 6.07) is 4.52. The fourth-order valence-corrected chi connectivity index (χ4v) is 5.35. The van der Waals surface area contributed by atoms with E-state index >= 15 is 0 Å². The summed E-state index contributed by atoms with van der Waals surface area (Å²) >= 11 is 1.70. The van der Waals surface area contributed by atoms with Gasteiger partial charge in [0.1, 0.15) is 0 Å². The lowest BCUT2D eigenvalue weighted by molar-refractivity contribution is 0.203. The second kappa shape index (κ2) is 7.87. The number of carbonyl (C=O) groups is 1. The molecule has 0 aromatic carbocycles. The number of aliphatic hydroxyl groups excluding tert-OH is 1. The monoisotopic (exact) mass is 350 g/mol. The van der Waals surface area contributed by atoms with E-state index in [-0.39, 0.29) is 11.4 Å². The summed E-state index contributed by atoms with van der Waals surface area (Å²) < 4.78 is 0. The fourth-order valence-electron chi connectivity index (χ4n) is 4.16. The van der Waals surface area contributed by atoms with Crippen molar-refractivity contribution in [1.82, 2.24) is 10.6 Å². The van der Waals surface area contributed by atoms with Gasteiger partial charge in [-0.05, 0) is 44.7 Å². The molecule has 0 bridgehead atoms. The molecule has 2 saturated carbocycles. The predicted octanol–water partition coefficient (Wildman–Crippen LogP) is 4.25. The largest absolute Gasteiger partial charge is 0.388 e. The Labute approximate surface area is 149 Å². The molecule has 2 fully saturated rings. The minimum Gasteiger partial charge on any atom is -0.388 e. The molecule has 1 atom stereocenters. The first-order valence-electron chi connectivity index (χ1n) is 9.42. The molecule has 0 spiro atoms. The number of aliphatic hydroxyl groups is 1. The number of thiophene rings is 1. The van der Waals surface area contributed by atoms with Crippen molar-refractivity contribution in [3.63, 3.8) is 0 Å². The highest BCUT2D eigenvalue weighted by molar-refractivity contribution is 7.12. The zero-order valence-corrected chi connectivity index (χ0v) is 15.5. The fraction of sp³-hybridized carbons (Fsp3) is 0.737. The first-order valence-corrected chi connectivity index (χ1v) is 10.2. The maximum Gasteiger partial charge on any atom is 0.315 e. The van der Waals surface area contributed by atoms with E-state index in [1.807, 2.05) is 13.0 Å². The van der Waals surface area contributed by atoms with Gasteiger partial charge in [-0.15, -0.1) is 11.3 Å².